The SMILES string of the molecule is CNCC1CCN(C(=O)c2cc(F)cc([N+](=O)[O-])c2F)C1. The standard InChI is InChI=1S/C13H15F2N3O3/c1-16-6-8-2-3-17(7-8)13(19)10-4-9(14)5-11(12(10)15)18(20)21/h4-5,8,16H,2-3,6-7H2,1H3. The van der Waals surface area contributed by atoms with E-state index in [0.717, 1.165) is 13.0 Å². The summed E-state index contributed by atoms with van der Waals surface area (Å²) in [4.78, 5) is 23.2. The topological polar surface area (TPSA) is 75.5 Å². The Balaban J connectivity index is 2.26. The fourth-order valence-corrected chi connectivity index (χ4v) is 2.51. The second kappa shape index (κ2) is 6.13. The zero-order valence-corrected chi connectivity index (χ0v) is 11.4. The largest absolute Gasteiger partial charge is 0.338 e. The van der Waals surface area contributed by atoms with E-state index in [-0.39, 0.29) is 5.92 Å². The lowest BCUT2D eigenvalue weighted by Crippen LogP contribution is -2.31. The number of carbonyl (C=O) groups excluding carboxylic acids is 1. The second-order valence-electron chi connectivity index (χ2n) is 5.01. The van der Waals surface area contributed by atoms with Gasteiger partial charge in [0.15, 0.2) is 0 Å². The summed E-state index contributed by atoms with van der Waals surface area (Å²) in [6.45, 7) is 1.56. The van der Waals surface area contributed by atoms with Crippen molar-refractivity contribution in [2.75, 3.05) is 26.7 Å². The highest BCUT2D eigenvalue weighted by atomic mass is 19.1. The fourth-order valence-electron chi connectivity index (χ4n) is 2.51. The number of hydrogen-bond donors (Lipinski definition) is 1. The Morgan fingerprint density at radius 1 is 1.52 bits per heavy atom. The maximum Gasteiger partial charge on any atom is 0.308 e. The molecule has 0 spiro atoms. The summed E-state index contributed by atoms with van der Waals surface area (Å²) in [6, 6.07) is 1.18. The molecule has 8 heteroatoms. The molecule has 1 N–H and O–H groups in total. The number of halogens is 2. The number of benzene rings is 1. The summed E-state index contributed by atoms with van der Waals surface area (Å²) < 4.78 is 27.3. The molecule has 0 aromatic heterocycles. The van der Waals surface area contributed by atoms with Gasteiger partial charge in [-0.2, -0.15) is 4.39 Å². The van der Waals surface area contributed by atoms with Crippen LogP contribution in [-0.4, -0.2) is 42.4 Å². The number of nitrogens with zero attached hydrogens (tertiary/aromatic N) is 2. The van der Waals surface area contributed by atoms with E-state index in [1.807, 2.05) is 0 Å². The fraction of sp³-hybridized carbons (Fsp3) is 0.462. The van der Waals surface area contributed by atoms with Crippen LogP contribution in [0, 0.1) is 27.7 Å². The van der Waals surface area contributed by atoms with Crippen molar-refractivity contribution in [2.45, 2.75) is 6.42 Å². The maximum atomic E-state index is 14.0. The molecule has 1 fully saturated rings. The van der Waals surface area contributed by atoms with Crippen LogP contribution in [0.4, 0.5) is 14.5 Å². The molecule has 0 bridgehead atoms. The molecule has 1 aromatic carbocycles. The normalized spacial score (nSPS) is 18.0. The van der Waals surface area contributed by atoms with E-state index in [2.05, 4.69) is 5.32 Å². The van der Waals surface area contributed by atoms with E-state index in [4.69, 9.17) is 0 Å². The van der Waals surface area contributed by atoms with Gasteiger partial charge in [-0.15, -0.1) is 0 Å². The third-order valence-electron chi connectivity index (χ3n) is 3.51. The van der Waals surface area contributed by atoms with Crippen LogP contribution in [-0.2, 0) is 0 Å². The van der Waals surface area contributed by atoms with Crippen molar-refractivity contribution in [3.05, 3.63) is 39.4 Å². The smallest absolute Gasteiger partial charge is 0.308 e. The molecule has 1 aliphatic rings. The number of carbonyl (C=O) groups is 1. The molecule has 1 unspecified atom stereocenters. The van der Waals surface area contributed by atoms with Gasteiger partial charge in [0.05, 0.1) is 16.6 Å². The Hall–Kier alpha value is -2.09. The van der Waals surface area contributed by atoms with Crippen molar-refractivity contribution in [3.63, 3.8) is 0 Å². The van der Waals surface area contributed by atoms with Crippen LogP contribution in [0.5, 0.6) is 0 Å². The highest BCUT2D eigenvalue weighted by molar-refractivity contribution is 5.95. The molecule has 1 atom stereocenters. The summed E-state index contributed by atoms with van der Waals surface area (Å²) in [5.74, 6) is -2.76. The highest BCUT2D eigenvalue weighted by Crippen LogP contribution is 2.25. The number of rotatable bonds is 4. The van der Waals surface area contributed by atoms with Gasteiger partial charge in [0.2, 0.25) is 5.82 Å². The lowest BCUT2D eigenvalue weighted by molar-refractivity contribution is -0.387. The molecule has 1 heterocycles. The molecule has 0 radical (unpaired) electrons. The molecular weight excluding hydrogens is 284 g/mol. The van der Waals surface area contributed by atoms with E-state index in [1.54, 1.807) is 7.05 Å². The lowest BCUT2D eigenvalue weighted by Gasteiger charge is -2.17. The van der Waals surface area contributed by atoms with Crippen LogP contribution < -0.4 is 5.32 Å². The van der Waals surface area contributed by atoms with Crippen LogP contribution in [0.1, 0.15) is 16.8 Å². The van der Waals surface area contributed by atoms with Gasteiger partial charge < -0.3 is 10.2 Å². The van der Waals surface area contributed by atoms with E-state index in [1.165, 1.54) is 4.90 Å². The van der Waals surface area contributed by atoms with Crippen molar-refractivity contribution in [1.82, 2.24) is 10.2 Å². The molecular formula is C13H15F2N3O3. The molecule has 0 saturated carbocycles. The maximum absolute atomic E-state index is 14.0. The molecule has 1 aliphatic heterocycles. The molecule has 0 aliphatic carbocycles. The predicted molar refractivity (Wildman–Crippen MR) is 70.9 cm³/mol. The van der Waals surface area contributed by atoms with Crippen molar-refractivity contribution >= 4 is 11.6 Å². The van der Waals surface area contributed by atoms with Gasteiger partial charge in [0, 0.05) is 13.1 Å². The molecule has 6 nitrogen and oxygen atoms in total. The number of nitro groups is 1. The van der Waals surface area contributed by atoms with Gasteiger partial charge >= 0.3 is 5.69 Å². The Morgan fingerprint density at radius 3 is 2.86 bits per heavy atom. The Kier molecular flexibility index (Phi) is 4.46. The van der Waals surface area contributed by atoms with Gasteiger partial charge in [-0.05, 0) is 32.0 Å². The van der Waals surface area contributed by atoms with Crippen molar-refractivity contribution < 1.29 is 18.5 Å². The minimum atomic E-state index is -1.29. The minimum absolute atomic E-state index is 0.241. The van der Waals surface area contributed by atoms with Gasteiger partial charge in [-0.3, -0.25) is 14.9 Å². The zero-order valence-electron chi connectivity index (χ0n) is 11.4. The first-order chi connectivity index (χ1) is 9.93. The molecule has 21 heavy (non-hydrogen) atoms. The third kappa shape index (κ3) is 3.15. The van der Waals surface area contributed by atoms with E-state index < -0.39 is 33.7 Å². The number of nitrogens with one attached hydrogen (secondary N) is 1. The minimum Gasteiger partial charge on any atom is -0.338 e. The summed E-state index contributed by atoms with van der Waals surface area (Å²) in [6.07, 6.45) is 0.756. The summed E-state index contributed by atoms with van der Waals surface area (Å²) in [7, 11) is 1.79. The number of amides is 1. The monoisotopic (exact) mass is 299 g/mol. The van der Waals surface area contributed by atoms with Crippen LogP contribution in [0.25, 0.3) is 0 Å². The van der Waals surface area contributed by atoms with Crippen LogP contribution in [0.2, 0.25) is 0 Å². The van der Waals surface area contributed by atoms with Crippen molar-refractivity contribution in [2.24, 2.45) is 5.92 Å². The van der Waals surface area contributed by atoms with Gasteiger partial charge in [0.25, 0.3) is 5.91 Å². The quantitative estimate of drug-likeness (QED) is 0.676. The van der Waals surface area contributed by atoms with E-state index in [9.17, 15) is 23.7 Å². The van der Waals surface area contributed by atoms with Gasteiger partial charge in [-0.1, -0.05) is 0 Å². The number of likely N-dealkylation sites (tertiary alicyclic amines) is 1. The Bertz CT molecular complexity index is 580. The lowest BCUT2D eigenvalue weighted by atomic mass is 10.1. The number of nitro benzene ring substituents is 1. The average molecular weight is 299 g/mol. The van der Waals surface area contributed by atoms with Crippen LogP contribution >= 0.6 is 0 Å². The molecule has 2 rings (SSSR count). The molecule has 1 saturated heterocycles. The van der Waals surface area contributed by atoms with Crippen molar-refractivity contribution in [1.29, 1.82) is 0 Å². The van der Waals surface area contributed by atoms with Gasteiger partial charge in [0.1, 0.15) is 5.82 Å². The first-order valence-electron chi connectivity index (χ1n) is 6.51. The highest BCUT2D eigenvalue weighted by Gasteiger charge is 2.31. The van der Waals surface area contributed by atoms with Crippen molar-refractivity contribution in [3.8, 4) is 0 Å². The summed E-state index contributed by atoms with van der Waals surface area (Å²) >= 11 is 0. The van der Waals surface area contributed by atoms with Gasteiger partial charge in [-0.25, -0.2) is 4.39 Å². The molecule has 1 aromatic rings. The summed E-state index contributed by atoms with van der Waals surface area (Å²) in [5, 5.41) is 13.7. The first kappa shape index (κ1) is 15.3. The van der Waals surface area contributed by atoms with E-state index in [0.29, 0.717) is 25.2 Å². The third-order valence-corrected chi connectivity index (χ3v) is 3.51. The average Bonchev–Trinajstić information content (AvgIpc) is 2.89. The predicted octanol–water partition coefficient (Wildman–Crippen LogP) is 1.55. The number of hydrogen-bond acceptors (Lipinski definition) is 4. The zero-order chi connectivity index (χ0) is 15.6. The molecule has 114 valence electrons. The summed E-state index contributed by atoms with van der Waals surface area (Å²) in [5.41, 5.74) is -1.61. The van der Waals surface area contributed by atoms with Crippen LogP contribution in [0.3, 0.4) is 0 Å². The Morgan fingerprint density at radius 2 is 2.24 bits per heavy atom. The molecule has 1 amide bonds. The second-order valence-corrected chi connectivity index (χ2v) is 5.01. The Labute approximate surface area is 119 Å². The van der Waals surface area contributed by atoms with Crippen LogP contribution in [0.15, 0.2) is 12.1 Å². The van der Waals surface area contributed by atoms with E-state index >= 15 is 0 Å². The first-order valence-corrected chi connectivity index (χ1v) is 6.51.